The van der Waals surface area contributed by atoms with Crippen molar-refractivity contribution >= 4 is 5.97 Å². The van der Waals surface area contributed by atoms with Crippen molar-refractivity contribution < 1.29 is 20.1 Å². The van der Waals surface area contributed by atoms with Crippen molar-refractivity contribution in [2.45, 2.75) is 97.5 Å². The highest BCUT2D eigenvalue weighted by molar-refractivity contribution is 5.66. The van der Waals surface area contributed by atoms with Crippen LogP contribution in [0.25, 0.3) is 0 Å². The molecule has 4 saturated carbocycles. The largest absolute Gasteiger partial charge is 0.481 e. The monoisotopic (exact) mass is 420 g/mol. The van der Waals surface area contributed by atoms with Crippen LogP contribution in [0.15, 0.2) is 0 Å². The summed E-state index contributed by atoms with van der Waals surface area (Å²) in [6, 6.07) is 0. The molecule has 4 rings (SSSR count). The Balaban J connectivity index is 1.62. The van der Waals surface area contributed by atoms with Crippen LogP contribution in [0.5, 0.6) is 0 Å². The molecule has 0 radical (unpaired) electrons. The molecule has 0 heterocycles. The first-order chi connectivity index (χ1) is 14.3. The second-order valence-corrected chi connectivity index (χ2v) is 11.8. The minimum Gasteiger partial charge on any atom is -0.481 e. The number of aliphatic hydroxyl groups is 2. The summed E-state index contributed by atoms with van der Waals surface area (Å²) < 4.78 is 0. The first-order valence-electron chi connectivity index (χ1n) is 12.8. The molecule has 0 aromatic carbocycles. The lowest BCUT2D eigenvalue weighted by molar-refractivity contribution is -0.194. The molecule has 4 aliphatic rings. The molecule has 4 nitrogen and oxygen atoms in total. The smallest absolute Gasteiger partial charge is 0.303 e. The Morgan fingerprint density at radius 1 is 1.00 bits per heavy atom. The van der Waals surface area contributed by atoms with Crippen LogP contribution in [-0.4, -0.2) is 34.0 Å². The Morgan fingerprint density at radius 3 is 2.40 bits per heavy atom. The number of fused-ring (bicyclic) bond motifs is 5. The molecule has 10 atom stereocenters. The average molecular weight is 421 g/mol. The molecule has 0 amide bonds. The molecule has 0 aromatic rings. The van der Waals surface area contributed by atoms with E-state index < -0.39 is 5.97 Å². The van der Waals surface area contributed by atoms with E-state index in [4.69, 9.17) is 5.11 Å². The van der Waals surface area contributed by atoms with Crippen LogP contribution in [0.3, 0.4) is 0 Å². The average Bonchev–Trinajstić information content (AvgIpc) is 3.06. The fourth-order valence-electron chi connectivity index (χ4n) is 9.58. The van der Waals surface area contributed by atoms with E-state index in [0.717, 1.165) is 19.3 Å². The Morgan fingerprint density at radius 2 is 1.73 bits per heavy atom. The van der Waals surface area contributed by atoms with E-state index >= 15 is 0 Å². The summed E-state index contributed by atoms with van der Waals surface area (Å²) in [5.74, 6) is 2.34. The van der Waals surface area contributed by atoms with Gasteiger partial charge in [0.2, 0.25) is 0 Å². The van der Waals surface area contributed by atoms with Crippen molar-refractivity contribution in [1.29, 1.82) is 0 Å². The lowest BCUT2D eigenvalue weighted by atomic mass is 9.41. The highest BCUT2D eigenvalue weighted by Gasteiger charge is 2.64. The van der Waals surface area contributed by atoms with Crippen molar-refractivity contribution in [3.63, 3.8) is 0 Å². The van der Waals surface area contributed by atoms with Gasteiger partial charge in [-0.05, 0) is 97.2 Å². The van der Waals surface area contributed by atoms with E-state index in [2.05, 4.69) is 20.8 Å². The number of rotatable bonds is 6. The molecule has 0 bridgehead atoms. The molecule has 4 heteroatoms. The summed E-state index contributed by atoms with van der Waals surface area (Å²) in [5, 5.41) is 31.0. The Hall–Kier alpha value is -0.610. The first-order valence-corrected chi connectivity index (χ1v) is 12.8. The Bertz CT molecular complexity index is 635. The molecule has 30 heavy (non-hydrogen) atoms. The van der Waals surface area contributed by atoms with Gasteiger partial charge in [0.25, 0.3) is 0 Å². The van der Waals surface area contributed by atoms with Gasteiger partial charge < -0.3 is 15.3 Å². The normalized spacial score (nSPS) is 49.0. The van der Waals surface area contributed by atoms with Gasteiger partial charge in [0.15, 0.2) is 0 Å². The predicted octanol–water partition coefficient (Wildman–Crippen LogP) is 5.12. The van der Waals surface area contributed by atoms with Crippen molar-refractivity contribution in [3.05, 3.63) is 0 Å². The summed E-state index contributed by atoms with van der Waals surface area (Å²) in [7, 11) is 0. The van der Waals surface area contributed by atoms with Crippen LogP contribution in [0.1, 0.15) is 91.4 Å². The van der Waals surface area contributed by atoms with Gasteiger partial charge >= 0.3 is 5.97 Å². The van der Waals surface area contributed by atoms with Crippen LogP contribution in [0.4, 0.5) is 0 Å². The Kier molecular flexibility index (Phi) is 6.31. The molecule has 0 aliphatic heterocycles. The zero-order valence-electron chi connectivity index (χ0n) is 19.4. The minimum absolute atomic E-state index is 0.0772. The number of carboxylic acid groups (broad SMARTS) is 1. The van der Waals surface area contributed by atoms with E-state index in [1.54, 1.807) is 0 Å². The third kappa shape index (κ3) is 3.36. The summed E-state index contributed by atoms with van der Waals surface area (Å²) in [5.41, 5.74) is 0.506. The molecule has 0 saturated heterocycles. The molecule has 0 unspecified atom stereocenters. The third-order valence-corrected chi connectivity index (χ3v) is 10.9. The summed E-state index contributed by atoms with van der Waals surface area (Å²) in [6.07, 6.45) is 11.5. The SMILES string of the molecule is CC[C@@H]1[C@@H](O)[C@@H]2[C@H](CC[C@]3(C)[C@@H]([C@H](CO)CCC(=O)O)CC[C@@H]23)[C@@]2(C)CCCC[C@@H]12. The number of aliphatic carboxylic acids is 1. The second-order valence-electron chi connectivity index (χ2n) is 11.8. The van der Waals surface area contributed by atoms with E-state index in [-0.39, 0.29) is 30.5 Å². The van der Waals surface area contributed by atoms with E-state index in [0.29, 0.717) is 47.3 Å². The molecular weight excluding hydrogens is 376 g/mol. The predicted molar refractivity (Wildman–Crippen MR) is 118 cm³/mol. The van der Waals surface area contributed by atoms with Crippen LogP contribution in [0, 0.1) is 52.3 Å². The van der Waals surface area contributed by atoms with Crippen molar-refractivity contribution in [2.24, 2.45) is 52.3 Å². The number of hydrogen-bond acceptors (Lipinski definition) is 3. The molecule has 0 spiro atoms. The number of carbonyl (C=O) groups is 1. The van der Waals surface area contributed by atoms with Gasteiger partial charge in [-0.1, -0.05) is 40.0 Å². The minimum atomic E-state index is -0.762. The standard InChI is InChI=1S/C26H44O4/c1-4-17-19-7-5-6-13-25(19,2)21-12-14-26(3)18(16(15-27)8-11-22(28)29)9-10-20(26)23(21)24(17)30/h16-21,23-24,27,30H,4-15H2,1-3H3,(H,28,29)/t16-,17-,18+,19-,20-,21-,23-,24+,25-,26+/m0/s1. The summed E-state index contributed by atoms with van der Waals surface area (Å²) in [6.45, 7) is 7.34. The lowest BCUT2D eigenvalue weighted by Gasteiger charge is -2.64. The summed E-state index contributed by atoms with van der Waals surface area (Å²) in [4.78, 5) is 11.2. The topological polar surface area (TPSA) is 77.8 Å². The van der Waals surface area contributed by atoms with Gasteiger partial charge in [0.1, 0.15) is 0 Å². The molecule has 172 valence electrons. The number of aliphatic hydroxyl groups excluding tert-OH is 2. The maximum atomic E-state index is 11.7. The van der Waals surface area contributed by atoms with Gasteiger partial charge in [0.05, 0.1) is 6.10 Å². The molecule has 3 N–H and O–H groups in total. The van der Waals surface area contributed by atoms with Crippen molar-refractivity contribution in [3.8, 4) is 0 Å². The lowest BCUT2D eigenvalue weighted by Crippen LogP contribution is -2.61. The summed E-state index contributed by atoms with van der Waals surface area (Å²) >= 11 is 0. The molecular formula is C26H44O4. The van der Waals surface area contributed by atoms with Gasteiger partial charge in [-0.25, -0.2) is 0 Å². The van der Waals surface area contributed by atoms with Crippen LogP contribution in [-0.2, 0) is 4.79 Å². The van der Waals surface area contributed by atoms with Crippen LogP contribution in [0.2, 0.25) is 0 Å². The maximum Gasteiger partial charge on any atom is 0.303 e. The highest BCUT2D eigenvalue weighted by atomic mass is 16.4. The van der Waals surface area contributed by atoms with Gasteiger partial charge in [-0.3, -0.25) is 4.79 Å². The number of carboxylic acids is 1. The molecule has 4 fully saturated rings. The van der Waals surface area contributed by atoms with Crippen molar-refractivity contribution in [1.82, 2.24) is 0 Å². The maximum absolute atomic E-state index is 11.7. The fraction of sp³-hybridized carbons (Fsp3) is 0.962. The first kappa shape index (κ1) is 22.6. The van der Waals surface area contributed by atoms with Crippen LogP contribution < -0.4 is 0 Å². The molecule has 4 aliphatic carbocycles. The van der Waals surface area contributed by atoms with E-state index in [1.807, 2.05) is 0 Å². The highest BCUT2D eigenvalue weighted by Crippen LogP contribution is 2.69. The molecule has 0 aromatic heterocycles. The zero-order chi connectivity index (χ0) is 21.7. The van der Waals surface area contributed by atoms with Gasteiger partial charge in [-0.2, -0.15) is 0 Å². The van der Waals surface area contributed by atoms with Gasteiger partial charge in [0, 0.05) is 13.0 Å². The Labute approximate surface area is 182 Å². The second kappa shape index (κ2) is 8.39. The van der Waals surface area contributed by atoms with Crippen LogP contribution >= 0.6 is 0 Å². The quantitative estimate of drug-likeness (QED) is 0.557. The fourth-order valence-corrected chi connectivity index (χ4v) is 9.58. The third-order valence-electron chi connectivity index (χ3n) is 10.9. The number of hydrogen-bond donors (Lipinski definition) is 3. The van der Waals surface area contributed by atoms with Crippen molar-refractivity contribution in [2.75, 3.05) is 6.61 Å². The van der Waals surface area contributed by atoms with E-state index in [9.17, 15) is 15.0 Å². The van der Waals surface area contributed by atoms with E-state index in [1.165, 1.54) is 38.5 Å². The zero-order valence-corrected chi connectivity index (χ0v) is 19.4. The van der Waals surface area contributed by atoms with Gasteiger partial charge in [-0.15, -0.1) is 0 Å².